The van der Waals surface area contributed by atoms with E-state index in [-0.39, 0.29) is 18.5 Å². The van der Waals surface area contributed by atoms with Crippen LogP contribution in [0.3, 0.4) is 0 Å². The predicted molar refractivity (Wildman–Crippen MR) is 92.3 cm³/mol. The van der Waals surface area contributed by atoms with Gasteiger partial charge in [0.05, 0.1) is 17.2 Å². The van der Waals surface area contributed by atoms with Gasteiger partial charge in [0.2, 0.25) is 5.91 Å². The van der Waals surface area contributed by atoms with Gasteiger partial charge in [-0.1, -0.05) is 6.92 Å². The molecule has 7 nitrogen and oxygen atoms in total. The summed E-state index contributed by atoms with van der Waals surface area (Å²) in [6.07, 6.45) is 3.40. The van der Waals surface area contributed by atoms with Crippen molar-refractivity contribution in [2.24, 2.45) is 0 Å². The molecule has 0 aliphatic carbocycles. The van der Waals surface area contributed by atoms with Gasteiger partial charge in [0.1, 0.15) is 6.54 Å². The minimum Gasteiger partial charge on any atom is -0.347 e. The average molecular weight is 349 g/mol. The van der Waals surface area contributed by atoms with Crippen LogP contribution in [0.2, 0.25) is 0 Å². The quantitative estimate of drug-likeness (QED) is 0.640. The van der Waals surface area contributed by atoms with Crippen molar-refractivity contribution in [3.8, 4) is 0 Å². The van der Waals surface area contributed by atoms with Crippen LogP contribution >= 0.6 is 11.3 Å². The van der Waals surface area contributed by atoms with Crippen molar-refractivity contribution in [3.05, 3.63) is 60.2 Å². The van der Waals surface area contributed by atoms with Crippen molar-refractivity contribution in [3.63, 3.8) is 0 Å². The first kappa shape index (κ1) is 17.9. The number of carbonyl (C=O) groups is 1. The normalized spacial score (nSPS) is 12.0. The number of pyridine rings is 1. The SMILES string of the molecule is CCc1sc([C@@H](C)NC(=O)Cn2ccc(=O)c([N+](=O)[O-])c2)cc1C. The lowest BCUT2D eigenvalue weighted by Crippen LogP contribution is -2.30. The molecule has 2 aromatic rings. The van der Waals surface area contributed by atoms with Gasteiger partial charge in [0.15, 0.2) is 0 Å². The van der Waals surface area contributed by atoms with E-state index in [1.54, 1.807) is 11.3 Å². The Morgan fingerprint density at radius 2 is 2.21 bits per heavy atom. The predicted octanol–water partition coefficient (Wildman–Crippen LogP) is 2.57. The number of nitrogens with zero attached hydrogens (tertiary/aromatic N) is 2. The lowest BCUT2D eigenvalue weighted by molar-refractivity contribution is -0.386. The fraction of sp³-hybridized carbons (Fsp3) is 0.375. The number of rotatable bonds is 6. The number of nitro groups is 1. The van der Waals surface area contributed by atoms with Crippen LogP contribution in [-0.4, -0.2) is 15.4 Å². The fourth-order valence-electron chi connectivity index (χ4n) is 2.38. The van der Waals surface area contributed by atoms with Crippen LogP contribution in [0.4, 0.5) is 5.69 Å². The number of aryl methyl sites for hydroxylation is 2. The lowest BCUT2D eigenvalue weighted by Gasteiger charge is -2.13. The monoisotopic (exact) mass is 349 g/mol. The molecule has 2 aromatic heterocycles. The molecule has 0 fully saturated rings. The van der Waals surface area contributed by atoms with Crippen molar-refractivity contribution in [1.82, 2.24) is 9.88 Å². The number of carbonyl (C=O) groups excluding carboxylic acids is 1. The second kappa shape index (κ2) is 7.39. The molecular formula is C16H19N3O4S. The summed E-state index contributed by atoms with van der Waals surface area (Å²) in [5.74, 6) is -0.274. The maximum atomic E-state index is 12.1. The van der Waals surface area contributed by atoms with Crippen LogP contribution in [0.25, 0.3) is 0 Å². The summed E-state index contributed by atoms with van der Waals surface area (Å²) < 4.78 is 1.33. The first-order valence-electron chi connectivity index (χ1n) is 7.54. The number of aromatic nitrogens is 1. The summed E-state index contributed by atoms with van der Waals surface area (Å²) in [4.78, 5) is 35.9. The van der Waals surface area contributed by atoms with Gasteiger partial charge in [-0.15, -0.1) is 11.3 Å². The van der Waals surface area contributed by atoms with Crippen LogP contribution in [-0.2, 0) is 17.8 Å². The lowest BCUT2D eigenvalue weighted by atomic mass is 10.2. The molecule has 0 bridgehead atoms. The Kier molecular flexibility index (Phi) is 5.50. The van der Waals surface area contributed by atoms with Crippen LogP contribution in [0.5, 0.6) is 0 Å². The van der Waals surface area contributed by atoms with Crippen molar-refractivity contribution >= 4 is 22.9 Å². The summed E-state index contributed by atoms with van der Waals surface area (Å²) in [6, 6.07) is 3.01. The van der Waals surface area contributed by atoms with E-state index >= 15 is 0 Å². The molecule has 24 heavy (non-hydrogen) atoms. The van der Waals surface area contributed by atoms with Crippen molar-refractivity contribution in [2.45, 2.75) is 39.8 Å². The molecule has 2 heterocycles. The van der Waals surface area contributed by atoms with Crippen molar-refractivity contribution < 1.29 is 9.72 Å². The van der Waals surface area contributed by atoms with Gasteiger partial charge in [-0.25, -0.2) is 0 Å². The highest BCUT2D eigenvalue weighted by atomic mass is 32.1. The Labute approximate surface area is 143 Å². The van der Waals surface area contributed by atoms with Gasteiger partial charge in [0, 0.05) is 22.0 Å². The topological polar surface area (TPSA) is 94.2 Å². The Balaban J connectivity index is 2.06. The number of amides is 1. The number of hydrogen-bond donors (Lipinski definition) is 1. The summed E-state index contributed by atoms with van der Waals surface area (Å²) in [7, 11) is 0. The summed E-state index contributed by atoms with van der Waals surface area (Å²) in [6.45, 7) is 5.95. The molecule has 0 aromatic carbocycles. The van der Waals surface area contributed by atoms with E-state index in [2.05, 4.69) is 18.3 Å². The number of hydrogen-bond acceptors (Lipinski definition) is 5. The Bertz CT molecular complexity index is 825. The van der Waals surface area contributed by atoms with Crippen molar-refractivity contribution in [1.29, 1.82) is 0 Å². The summed E-state index contributed by atoms with van der Waals surface area (Å²) >= 11 is 1.67. The molecule has 0 aliphatic rings. The van der Waals surface area contributed by atoms with E-state index in [0.29, 0.717) is 0 Å². The standard InChI is InChI=1S/C16H19N3O4S/c1-4-14-10(2)7-15(24-14)11(3)17-16(21)9-18-6-5-13(20)12(8-18)19(22)23/h5-8,11H,4,9H2,1-3H3,(H,17,21)/t11-/m1/s1. The van der Waals surface area contributed by atoms with Gasteiger partial charge in [-0.05, 0) is 31.9 Å². The Hall–Kier alpha value is -2.48. The smallest absolute Gasteiger partial charge is 0.332 e. The van der Waals surface area contributed by atoms with Crippen LogP contribution in [0.1, 0.15) is 35.2 Å². The van der Waals surface area contributed by atoms with Gasteiger partial charge >= 0.3 is 5.69 Å². The average Bonchev–Trinajstić information content (AvgIpc) is 2.90. The van der Waals surface area contributed by atoms with E-state index in [1.165, 1.54) is 21.2 Å². The van der Waals surface area contributed by atoms with Gasteiger partial charge in [0.25, 0.3) is 5.43 Å². The van der Waals surface area contributed by atoms with Crippen LogP contribution < -0.4 is 10.7 Å². The van der Waals surface area contributed by atoms with E-state index < -0.39 is 16.0 Å². The highest BCUT2D eigenvalue weighted by Crippen LogP contribution is 2.27. The largest absolute Gasteiger partial charge is 0.347 e. The molecule has 2 rings (SSSR count). The Morgan fingerprint density at radius 1 is 1.50 bits per heavy atom. The molecule has 8 heteroatoms. The molecule has 0 spiro atoms. The first-order valence-corrected chi connectivity index (χ1v) is 8.36. The number of thiophene rings is 1. The maximum absolute atomic E-state index is 12.1. The van der Waals surface area contributed by atoms with Crippen LogP contribution in [0, 0.1) is 17.0 Å². The summed E-state index contributed by atoms with van der Waals surface area (Å²) in [5.41, 5.74) is 0.000586. The maximum Gasteiger partial charge on any atom is 0.332 e. The van der Waals surface area contributed by atoms with Gasteiger partial charge in [-0.2, -0.15) is 0 Å². The molecule has 1 atom stereocenters. The van der Waals surface area contributed by atoms with Gasteiger partial charge in [-0.3, -0.25) is 19.7 Å². The zero-order valence-corrected chi connectivity index (χ0v) is 14.6. The third-order valence-corrected chi connectivity index (χ3v) is 5.21. The van der Waals surface area contributed by atoms with E-state index in [9.17, 15) is 19.7 Å². The second-order valence-corrected chi connectivity index (χ2v) is 6.69. The third kappa shape index (κ3) is 4.08. The van der Waals surface area contributed by atoms with E-state index in [1.807, 2.05) is 13.8 Å². The minimum atomic E-state index is -0.750. The number of nitrogens with one attached hydrogen (secondary N) is 1. The first-order chi connectivity index (χ1) is 11.3. The highest BCUT2D eigenvalue weighted by Gasteiger charge is 2.16. The van der Waals surface area contributed by atoms with E-state index in [0.717, 1.165) is 23.6 Å². The molecule has 1 N–H and O–H groups in total. The molecule has 128 valence electrons. The third-order valence-electron chi connectivity index (χ3n) is 3.65. The molecule has 1 amide bonds. The molecule has 0 aliphatic heterocycles. The van der Waals surface area contributed by atoms with Crippen molar-refractivity contribution in [2.75, 3.05) is 0 Å². The molecular weight excluding hydrogens is 330 g/mol. The minimum absolute atomic E-state index is 0.0869. The van der Waals surface area contributed by atoms with Gasteiger partial charge < -0.3 is 9.88 Å². The van der Waals surface area contributed by atoms with E-state index in [4.69, 9.17) is 0 Å². The highest BCUT2D eigenvalue weighted by molar-refractivity contribution is 7.12. The van der Waals surface area contributed by atoms with Crippen LogP contribution in [0.15, 0.2) is 29.3 Å². The molecule has 0 unspecified atom stereocenters. The molecule has 0 saturated carbocycles. The fourth-order valence-corrected chi connectivity index (χ4v) is 3.50. The second-order valence-electron chi connectivity index (χ2n) is 5.52. The molecule has 0 saturated heterocycles. The Morgan fingerprint density at radius 3 is 2.79 bits per heavy atom. The zero-order valence-electron chi connectivity index (χ0n) is 13.7. The summed E-state index contributed by atoms with van der Waals surface area (Å²) in [5, 5.41) is 13.7. The zero-order chi connectivity index (χ0) is 17.9. The molecule has 0 radical (unpaired) electrons.